The number of hydrogen-bond acceptors (Lipinski definition) is 4. The number of aryl methyl sites for hydroxylation is 2. The number of carbonyl (C=O) groups is 2. The minimum absolute atomic E-state index is 0.122. The Morgan fingerprint density at radius 1 is 1.00 bits per heavy atom. The van der Waals surface area contributed by atoms with Crippen LogP contribution in [0.15, 0.2) is 54.6 Å². The summed E-state index contributed by atoms with van der Waals surface area (Å²) in [7, 11) is 3.03. The van der Waals surface area contributed by atoms with Gasteiger partial charge >= 0.3 is 5.97 Å². The summed E-state index contributed by atoms with van der Waals surface area (Å²) in [5.41, 5.74) is 4.69. The number of rotatable bonds is 3. The number of fused-ring (bicyclic) bond motifs is 3. The van der Waals surface area contributed by atoms with Gasteiger partial charge in [0, 0.05) is 11.9 Å². The first-order valence-corrected chi connectivity index (χ1v) is 9.58. The molecule has 0 N–H and O–H groups in total. The maximum atomic E-state index is 13.1. The predicted octanol–water partition coefficient (Wildman–Crippen LogP) is 4.58. The summed E-state index contributed by atoms with van der Waals surface area (Å²) in [6.45, 7) is 0. The molecule has 0 spiro atoms. The van der Waals surface area contributed by atoms with Crippen molar-refractivity contribution in [3.05, 3.63) is 76.2 Å². The largest absolute Gasteiger partial charge is 0.465 e. The second-order valence-electron chi connectivity index (χ2n) is 6.50. The number of benzene rings is 2. The number of methoxy groups -OCH3 is 1. The first-order valence-electron chi connectivity index (χ1n) is 8.76. The highest BCUT2D eigenvalue weighted by Gasteiger charge is 2.25. The maximum Gasteiger partial charge on any atom is 0.339 e. The van der Waals surface area contributed by atoms with Crippen LogP contribution < -0.4 is 4.90 Å². The number of esters is 1. The topological polar surface area (TPSA) is 46.6 Å². The summed E-state index contributed by atoms with van der Waals surface area (Å²) in [5, 5.41) is 0. The molecule has 0 saturated carbocycles. The minimum atomic E-state index is -0.454. The lowest BCUT2D eigenvalue weighted by Gasteiger charge is -2.19. The van der Waals surface area contributed by atoms with Gasteiger partial charge in [-0.15, -0.1) is 11.3 Å². The zero-order valence-corrected chi connectivity index (χ0v) is 16.0. The van der Waals surface area contributed by atoms with Crippen molar-refractivity contribution in [1.82, 2.24) is 0 Å². The van der Waals surface area contributed by atoms with Crippen molar-refractivity contribution in [2.75, 3.05) is 19.1 Å². The van der Waals surface area contributed by atoms with Gasteiger partial charge in [0.05, 0.1) is 23.2 Å². The Labute approximate surface area is 162 Å². The van der Waals surface area contributed by atoms with Crippen LogP contribution >= 0.6 is 11.3 Å². The van der Waals surface area contributed by atoms with Crippen molar-refractivity contribution in [3.63, 3.8) is 0 Å². The molecule has 0 aliphatic heterocycles. The Bertz CT molecular complexity index is 1040. The van der Waals surface area contributed by atoms with Gasteiger partial charge in [-0.1, -0.05) is 36.4 Å². The molecule has 4 nitrogen and oxygen atoms in total. The summed E-state index contributed by atoms with van der Waals surface area (Å²) in [4.78, 5) is 28.5. The summed E-state index contributed by atoms with van der Waals surface area (Å²) in [6, 6.07) is 17.3. The molecule has 1 aliphatic rings. The molecule has 1 aromatic heterocycles. The molecule has 0 unspecified atom stereocenters. The Morgan fingerprint density at radius 3 is 2.52 bits per heavy atom. The average Bonchev–Trinajstić information content (AvgIpc) is 3.17. The Balaban J connectivity index is 1.70. The number of ether oxygens (including phenoxy) is 1. The molecule has 4 rings (SSSR count). The quantitative estimate of drug-likeness (QED) is 0.628. The molecule has 0 bridgehead atoms. The summed E-state index contributed by atoms with van der Waals surface area (Å²) in [6.07, 6.45) is 1.94. The fourth-order valence-corrected chi connectivity index (χ4v) is 4.75. The number of carbonyl (C=O) groups excluding carboxylic acids is 2. The van der Waals surface area contributed by atoms with Gasteiger partial charge in [0.2, 0.25) is 0 Å². The Hall–Kier alpha value is -2.92. The Kier molecular flexibility index (Phi) is 4.54. The van der Waals surface area contributed by atoms with Gasteiger partial charge in [-0.05, 0) is 47.7 Å². The molecule has 27 heavy (non-hydrogen) atoms. The van der Waals surface area contributed by atoms with Gasteiger partial charge < -0.3 is 9.64 Å². The van der Waals surface area contributed by atoms with Crippen LogP contribution in [0.5, 0.6) is 0 Å². The van der Waals surface area contributed by atoms with Gasteiger partial charge in [0.15, 0.2) is 0 Å². The average molecular weight is 377 g/mol. The highest BCUT2D eigenvalue weighted by Crippen LogP contribution is 2.40. The van der Waals surface area contributed by atoms with Crippen molar-refractivity contribution >= 4 is 28.9 Å². The van der Waals surface area contributed by atoms with Gasteiger partial charge in [0.25, 0.3) is 5.91 Å². The molecule has 1 amide bonds. The number of thiophene rings is 1. The molecule has 1 heterocycles. The monoisotopic (exact) mass is 377 g/mol. The van der Waals surface area contributed by atoms with Crippen LogP contribution in [-0.4, -0.2) is 26.0 Å². The fourth-order valence-electron chi connectivity index (χ4n) is 3.50. The summed E-state index contributed by atoms with van der Waals surface area (Å²) in [5.74, 6) is -0.576. The SMILES string of the molecule is COC(=O)c1ccccc1N(C)C(=O)c1cc2c(s1)-c1ccccc1CC2. The van der Waals surface area contributed by atoms with Crippen LogP contribution in [0.2, 0.25) is 0 Å². The third kappa shape index (κ3) is 3.04. The number of anilines is 1. The predicted molar refractivity (Wildman–Crippen MR) is 108 cm³/mol. The molecule has 2 aromatic carbocycles. The second-order valence-corrected chi connectivity index (χ2v) is 7.55. The van der Waals surface area contributed by atoms with Gasteiger partial charge in [-0.2, -0.15) is 0 Å². The van der Waals surface area contributed by atoms with Crippen LogP contribution in [0, 0.1) is 0 Å². The molecule has 0 atom stereocenters. The van der Waals surface area contributed by atoms with E-state index < -0.39 is 5.97 Å². The normalized spacial score (nSPS) is 12.1. The lowest BCUT2D eigenvalue weighted by Crippen LogP contribution is -2.27. The smallest absolute Gasteiger partial charge is 0.339 e. The van der Waals surface area contributed by atoms with Crippen LogP contribution in [0.3, 0.4) is 0 Å². The molecule has 5 heteroatoms. The second kappa shape index (κ2) is 7.00. The van der Waals surface area contributed by atoms with E-state index in [-0.39, 0.29) is 5.91 Å². The lowest BCUT2D eigenvalue weighted by atomic mass is 9.91. The first-order chi connectivity index (χ1) is 13.1. The zero-order valence-electron chi connectivity index (χ0n) is 15.2. The van der Waals surface area contributed by atoms with E-state index in [9.17, 15) is 9.59 Å². The van der Waals surface area contributed by atoms with E-state index in [0.29, 0.717) is 16.1 Å². The van der Waals surface area contributed by atoms with Crippen molar-refractivity contribution < 1.29 is 14.3 Å². The van der Waals surface area contributed by atoms with E-state index in [1.165, 1.54) is 44.9 Å². The van der Waals surface area contributed by atoms with E-state index in [4.69, 9.17) is 4.74 Å². The van der Waals surface area contributed by atoms with Crippen molar-refractivity contribution in [2.24, 2.45) is 0 Å². The third-order valence-electron chi connectivity index (χ3n) is 4.92. The summed E-state index contributed by atoms with van der Waals surface area (Å²) < 4.78 is 4.84. The molecule has 0 fully saturated rings. The van der Waals surface area contributed by atoms with Crippen LogP contribution in [0.25, 0.3) is 10.4 Å². The Morgan fingerprint density at radius 2 is 1.70 bits per heavy atom. The van der Waals surface area contributed by atoms with Crippen molar-refractivity contribution in [2.45, 2.75) is 12.8 Å². The zero-order chi connectivity index (χ0) is 19.0. The maximum absolute atomic E-state index is 13.1. The standard InChI is InChI=1S/C22H19NO3S/c1-23(18-10-6-5-9-17(18)22(25)26-2)21(24)19-13-15-12-11-14-7-3-4-8-16(14)20(15)27-19/h3-10,13H,11-12H2,1-2H3. The van der Waals surface area contributed by atoms with Gasteiger partial charge in [0.1, 0.15) is 0 Å². The fraction of sp³-hybridized carbons (Fsp3) is 0.182. The number of amides is 1. The van der Waals surface area contributed by atoms with E-state index in [1.807, 2.05) is 12.1 Å². The number of para-hydroxylation sites is 1. The molecular formula is C22H19NO3S. The highest BCUT2D eigenvalue weighted by molar-refractivity contribution is 7.17. The molecule has 136 valence electrons. The molecule has 1 aliphatic carbocycles. The number of nitrogens with zero attached hydrogens (tertiary/aromatic N) is 1. The molecule has 0 saturated heterocycles. The highest BCUT2D eigenvalue weighted by atomic mass is 32.1. The van der Waals surface area contributed by atoms with Crippen LogP contribution in [0.1, 0.15) is 31.2 Å². The van der Waals surface area contributed by atoms with Gasteiger partial charge in [-0.3, -0.25) is 4.79 Å². The van der Waals surface area contributed by atoms with E-state index >= 15 is 0 Å². The first kappa shape index (κ1) is 17.5. The van der Waals surface area contributed by atoms with Crippen molar-refractivity contribution in [3.8, 4) is 10.4 Å². The van der Waals surface area contributed by atoms with E-state index in [2.05, 4.69) is 18.2 Å². The minimum Gasteiger partial charge on any atom is -0.465 e. The lowest BCUT2D eigenvalue weighted by molar-refractivity contribution is 0.0601. The van der Waals surface area contributed by atoms with Crippen LogP contribution in [-0.2, 0) is 17.6 Å². The van der Waals surface area contributed by atoms with E-state index in [1.54, 1.807) is 31.3 Å². The molecule has 3 aromatic rings. The van der Waals surface area contributed by atoms with Gasteiger partial charge in [-0.25, -0.2) is 4.79 Å². The third-order valence-corrected chi connectivity index (χ3v) is 6.12. The number of hydrogen-bond donors (Lipinski definition) is 0. The summed E-state index contributed by atoms with van der Waals surface area (Å²) >= 11 is 1.52. The van der Waals surface area contributed by atoms with E-state index in [0.717, 1.165) is 12.8 Å². The van der Waals surface area contributed by atoms with Crippen molar-refractivity contribution in [1.29, 1.82) is 0 Å². The molecular weight excluding hydrogens is 358 g/mol. The van der Waals surface area contributed by atoms with Crippen LogP contribution in [0.4, 0.5) is 5.69 Å². The molecule has 0 radical (unpaired) electrons.